The van der Waals surface area contributed by atoms with Gasteiger partial charge in [0.25, 0.3) is 0 Å². The summed E-state index contributed by atoms with van der Waals surface area (Å²) < 4.78 is 2.45. The van der Waals surface area contributed by atoms with Crippen LogP contribution in [0.1, 0.15) is 49.9 Å². The van der Waals surface area contributed by atoms with Crippen LogP contribution in [-0.2, 0) is 10.8 Å². The second-order valence-electron chi connectivity index (χ2n) is 17.7. The molecule has 2 heteroatoms. The van der Waals surface area contributed by atoms with Gasteiger partial charge in [-0.3, -0.25) is 0 Å². The van der Waals surface area contributed by atoms with Gasteiger partial charge in [0.1, 0.15) is 0 Å². The van der Waals surface area contributed by atoms with E-state index in [9.17, 15) is 0 Å². The van der Waals surface area contributed by atoms with Gasteiger partial charge >= 0.3 is 0 Å². The highest BCUT2D eigenvalue weighted by atomic mass is 15.2. The largest absolute Gasteiger partial charge is 0.309 e. The molecule has 2 aliphatic carbocycles. The molecule has 0 saturated carbocycles. The van der Waals surface area contributed by atoms with Crippen LogP contribution in [0.3, 0.4) is 0 Å². The first kappa shape index (κ1) is 34.8. The average molecular weight is 769 g/mol. The SMILES string of the molecule is CC1(C)c2ccccc2-c2c(N(c3ccccc3-c3cc(-n4c5ccccc5c5ccccc54)cc4ccccc34)c3cccc4c3C(C)(C)c3ccccc3-4)cccc21. The highest BCUT2D eigenvalue weighted by Crippen LogP contribution is 2.59. The molecule has 0 bridgehead atoms. The lowest BCUT2D eigenvalue weighted by Gasteiger charge is -2.35. The zero-order valence-electron chi connectivity index (χ0n) is 34.4. The molecule has 9 aromatic carbocycles. The lowest BCUT2D eigenvalue weighted by Crippen LogP contribution is -2.21. The molecular weight excluding hydrogens is 725 g/mol. The van der Waals surface area contributed by atoms with Gasteiger partial charge < -0.3 is 9.47 Å². The van der Waals surface area contributed by atoms with Gasteiger partial charge in [-0.2, -0.15) is 0 Å². The molecule has 2 nitrogen and oxygen atoms in total. The summed E-state index contributed by atoms with van der Waals surface area (Å²) in [4.78, 5) is 2.61. The zero-order chi connectivity index (χ0) is 40.3. The number of fused-ring (bicyclic) bond motifs is 10. The van der Waals surface area contributed by atoms with Gasteiger partial charge in [0.15, 0.2) is 0 Å². The monoisotopic (exact) mass is 768 g/mol. The van der Waals surface area contributed by atoms with Gasteiger partial charge in [-0.25, -0.2) is 0 Å². The van der Waals surface area contributed by atoms with E-state index in [0.29, 0.717) is 0 Å². The van der Waals surface area contributed by atoms with Crippen molar-refractivity contribution in [1.29, 1.82) is 0 Å². The van der Waals surface area contributed by atoms with Gasteiger partial charge in [0.2, 0.25) is 0 Å². The van der Waals surface area contributed by atoms with Crippen molar-refractivity contribution in [3.63, 3.8) is 0 Å². The van der Waals surface area contributed by atoms with Gasteiger partial charge in [-0.15, -0.1) is 0 Å². The van der Waals surface area contributed by atoms with E-state index in [4.69, 9.17) is 0 Å². The van der Waals surface area contributed by atoms with Crippen molar-refractivity contribution < 1.29 is 0 Å². The molecule has 1 aromatic heterocycles. The third kappa shape index (κ3) is 4.76. The fourth-order valence-corrected chi connectivity index (χ4v) is 11.1. The van der Waals surface area contributed by atoms with E-state index in [0.717, 1.165) is 11.4 Å². The van der Waals surface area contributed by atoms with Crippen LogP contribution in [-0.4, -0.2) is 4.57 Å². The number of nitrogens with zero attached hydrogens (tertiary/aromatic N) is 2. The van der Waals surface area contributed by atoms with Crippen molar-refractivity contribution in [1.82, 2.24) is 4.57 Å². The van der Waals surface area contributed by atoms with Crippen LogP contribution in [0.2, 0.25) is 0 Å². The molecular formula is C58H44N2. The van der Waals surface area contributed by atoms with Gasteiger partial charge in [-0.05, 0) is 97.7 Å². The summed E-state index contributed by atoms with van der Waals surface area (Å²) >= 11 is 0. The predicted molar refractivity (Wildman–Crippen MR) is 254 cm³/mol. The quantitative estimate of drug-likeness (QED) is 0.169. The first-order valence-electron chi connectivity index (χ1n) is 21.2. The minimum atomic E-state index is -0.228. The molecule has 0 atom stereocenters. The molecule has 60 heavy (non-hydrogen) atoms. The molecule has 0 saturated heterocycles. The Kier molecular flexibility index (Phi) is 7.36. The maximum atomic E-state index is 2.61. The summed E-state index contributed by atoms with van der Waals surface area (Å²) in [6.45, 7) is 9.57. The smallest absolute Gasteiger partial charge is 0.0543 e. The highest BCUT2D eigenvalue weighted by Gasteiger charge is 2.41. The number of anilines is 3. The second kappa shape index (κ2) is 12.7. The van der Waals surface area contributed by atoms with E-state index in [1.54, 1.807) is 0 Å². The normalized spacial score (nSPS) is 14.3. The topological polar surface area (TPSA) is 8.17 Å². The van der Waals surface area contributed by atoms with Crippen molar-refractivity contribution in [2.24, 2.45) is 0 Å². The third-order valence-electron chi connectivity index (χ3n) is 13.7. The van der Waals surface area contributed by atoms with E-state index in [1.165, 1.54) is 99.6 Å². The number of aromatic nitrogens is 1. The van der Waals surface area contributed by atoms with E-state index in [1.807, 2.05) is 0 Å². The van der Waals surface area contributed by atoms with E-state index < -0.39 is 0 Å². The molecule has 12 rings (SSSR count). The molecule has 0 amide bonds. The summed E-state index contributed by atoms with van der Waals surface area (Å²) in [6.07, 6.45) is 0. The summed E-state index contributed by atoms with van der Waals surface area (Å²) in [5.74, 6) is 0. The average Bonchev–Trinajstić information content (AvgIpc) is 3.84. The van der Waals surface area contributed by atoms with Crippen LogP contribution in [0.4, 0.5) is 17.1 Å². The van der Waals surface area contributed by atoms with Crippen LogP contribution in [0, 0.1) is 0 Å². The summed E-state index contributed by atoms with van der Waals surface area (Å²) in [5.41, 5.74) is 19.8. The maximum Gasteiger partial charge on any atom is 0.0543 e. The molecule has 0 aliphatic heterocycles. The molecule has 0 fully saturated rings. The number of benzene rings is 9. The zero-order valence-corrected chi connectivity index (χ0v) is 34.4. The Balaban J connectivity index is 1.18. The van der Waals surface area contributed by atoms with Crippen LogP contribution in [0.5, 0.6) is 0 Å². The van der Waals surface area contributed by atoms with Crippen molar-refractivity contribution in [2.75, 3.05) is 4.90 Å². The third-order valence-corrected chi connectivity index (χ3v) is 13.7. The molecule has 0 spiro atoms. The van der Waals surface area contributed by atoms with Crippen LogP contribution < -0.4 is 4.90 Å². The van der Waals surface area contributed by atoms with Gasteiger partial charge in [0, 0.05) is 38.4 Å². The number of rotatable bonds is 5. The van der Waals surface area contributed by atoms with Crippen LogP contribution >= 0.6 is 0 Å². The summed E-state index contributed by atoms with van der Waals surface area (Å²) in [6, 6.07) is 72.4. The second-order valence-corrected chi connectivity index (χ2v) is 17.7. The fraction of sp³-hybridized carbons (Fsp3) is 0.103. The Morgan fingerprint density at radius 1 is 0.367 bits per heavy atom. The Morgan fingerprint density at radius 3 is 1.63 bits per heavy atom. The molecule has 10 aromatic rings. The van der Waals surface area contributed by atoms with Gasteiger partial charge in [-0.1, -0.05) is 179 Å². The minimum Gasteiger partial charge on any atom is -0.309 e. The Hall–Kier alpha value is -7.16. The van der Waals surface area contributed by atoms with Crippen molar-refractivity contribution in [3.8, 4) is 39.1 Å². The van der Waals surface area contributed by atoms with Gasteiger partial charge in [0.05, 0.1) is 28.1 Å². The van der Waals surface area contributed by atoms with E-state index in [-0.39, 0.29) is 10.8 Å². The van der Waals surface area contributed by atoms with Crippen LogP contribution in [0.25, 0.3) is 71.6 Å². The molecule has 2 aliphatic rings. The fourth-order valence-electron chi connectivity index (χ4n) is 11.1. The minimum absolute atomic E-state index is 0.145. The molecule has 0 radical (unpaired) electrons. The van der Waals surface area contributed by atoms with Crippen molar-refractivity contribution >= 4 is 49.6 Å². The molecule has 1 heterocycles. The molecule has 0 N–H and O–H groups in total. The van der Waals surface area contributed by atoms with Crippen LogP contribution in [0.15, 0.2) is 194 Å². The Labute approximate surface area is 351 Å². The number of para-hydroxylation sites is 3. The highest BCUT2D eigenvalue weighted by molar-refractivity contribution is 6.11. The lowest BCUT2D eigenvalue weighted by atomic mass is 9.81. The first-order valence-corrected chi connectivity index (χ1v) is 21.2. The Bertz CT molecular complexity index is 3340. The summed E-state index contributed by atoms with van der Waals surface area (Å²) in [5, 5.41) is 4.96. The molecule has 0 unspecified atom stereocenters. The maximum absolute atomic E-state index is 2.61. The predicted octanol–water partition coefficient (Wildman–Crippen LogP) is 15.7. The standard InChI is InChI=1S/C58H44N2/c1-57(2)48-28-13-8-25-45(48)55-49(57)29-18-33-53(55)60(54-34-17-26-44-40-21-7-12-27-47(40)58(3,4)56(44)54)52-32-16-11-24-43(52)46-36-38(35-37-19-5-6-20-39(37)46)59-50-30-14-9-22-41(50)42-23-10-15-31-51(42)59/h5-36H,1-4H3. The summed E-state index contributed by atoms with van der Waals surface area (Å²) in [7, 11) is 0. The van der Waals surface area contributed by atoms with Crippen molar-refractivity contribution in [3.05, 3.63) is 216 Å². The van der Waals surface area contributed by atoms with E-state index >= 15 is 0 Å². The molecule has 286 valence electrons. The lowest BCUT2D eigenvalue weighted by molar-refractivity contribution is 0.659. The number of hydrogen-bond acceptors (Lipinski definition) is 1. The first-order chi connectivity index (χ1) is 29.3. The van der Waals surface area contributed by atoms with E-state index in [2.05, 4.69) is 231 Å². The Morgan fingerprint density at radius 2 is 0.883 bits per heavy atom. The van der Waals surface area contributed by atoms with Crippen molar-refractivity contribution in [2.45, 2.75) is 38.5 Å². The number of hydrogen-bond donors (Lipinski definition) is 0.